The number of nitrogens with zero attached hydrogens (tertiary/aromatic N) is 5. The zero-order valence-corrected chi connectivity index (χ0v) is 30.1. The molecule has 5 rings (SSSR count). The van der Waals surface area contributed by atoms with Gasteiger partial charge in [-0.25, -0.2) is 19.3 Å². The van der Waals surface area contributed by atoms with Crippen LogP contribution in [0.25, 0.3) is 11.2 Å². The van der Waals surface area contributed by atoms with Gasteiger partial charge in [-0.15, -0.1) is 0 Å². The summed E-state index contributed by atoms with van der Waals surface area (Å²) >= 11 is 0. The van der Waals surface area contributed by atoms with Gasteiger partial charge in [-0.05, 0) is 6.42 Å². The Bertz CT molecular complexity index is 1570. The van der Waals surface area contributed by atoms with Gasteiger partial charge in [0.1, 0.15) is 48.5 Å². The summed E-state index contributed by atoms with van der Waals surface area (Å²) in [7, 11) is -11.4. The summed E-state index contributed by atoms with van der Waals surface area (Å²) in [6.07, 6.45) is -5.32. The number of amides is 1. The number of hydrogen-bond acceptors (Lipinski definition) is 19. The molecule has 0 aliphatic carbocycles. The van der Waals surface area contributed by atoms with Gasteiger partial charge in [-0.3, -0.25) is 18.5 Å². The molecule has 0 spiro atoms. The predicted octanol–water partition coefficient (Wildman–Crippen LogP) is -9.94. The standard InChI is InChI=1S/C21H29N7O14P2.2Na/c22-17-12-19(25-7-24-17)28(8-26-12)21-16(32)14(30)11(41-21)6-39-44(36,37)42-43(34,35)38-5-10-13(29)15(31)20(40-10)27-3-1-2-9(4-27)18(23)33;;/h1,3-4,7-8,10-11,13-16,20-21,29-32H,2,5-6H2,(H2,23,33)(H,34,35)(H,36,37)(H2,22,24,25);;/q;2*+1/p-2/t10-,11-,13-,14?,15-,16?,20?,21?;;/m1../s1. The first-order valence-corrected chi connectivity index (χ1v) is 15.6. The second-order valence-corrected chi connectivity index (χ2v) is 12.8. The van der Waals surface area contributed by atoms with Crippen LogP contribution in [0.3, 0.4) is 0 Å². The maximum atomic E-state index is 12.3. The van der Waals surface area contributed by atoms with Crippen LogP contribution in [0.4, 0.5) is 5.82 Å². The largest absolute Gasteiger partial charge is 1.00 e. The van der Waals surface area contributed by atoms with Gasteiger partial charge in [0.2, 0.25) is 5.91 Å². The maximum absolute atomic E-state index is 12.3. The zero-order valence-electron chi connectivity index (χ0n) is 24.3. The van der Waals surface area contributed by atoms with E-state index in [1.807, 2.05) is 0 Å². The summed E-state index contributed by atoms with van der Waals surface area (Å²) in [6, 6.07) is 0. The molecule has 2 aromatic heterocycles. The molecule has 8 N–H and O–H groups in total. The minimum absolute atomic E-state index is 0. The number of carbonyl (C=O) groups is 1. The van der Waals surface area contributed by atoms with Crippen LogP contribution in [0.2, 0.25) is 0 Å². The Morgan fingerprint density at radius 1 is 0.957 bits per heavy atom. The Hall–Kier alpha value is -0.880. The van der Waals surface area contributed by atoms with Gasteiger partial charge in [-0.2, -0.15) is 0 Å². The van der Waals surface area contributed by atoms with E-state index in [0.717, 1.165) is 6.33 Å². The summed E-state index contributed by atoms with van der Waals surface area (Å²) in [5.41, 5.74) is 11.5. The van der Waals surface area contributed by atoms with E-state index in [1.165, 1.54) is 28.2 Å². The number of ether oxygens (including phenoxy) is 2. The Morgan fingerprint density at radius 2 is 1.52 bits per heavy atom. The van der Waals surface area contributed by atoms with Crippen LogP contribution in [0.1, 0.15) is 12.6 Å². The molecular weight excluding hydrogens is 682 g/mol. The predicted molar refractivity (Wildman–Crippen MR) is 137 cm³/mol. The number of imidazole rings is 1. The topological polar surface area (TPSA) is 323 Å². The molecule has 46 heavy (non-hydrogen) atoms. The van der Waals surface area contributed by atoms with Crippen molar-refractivity contribution in [1.82, 2.24) is 24.4 Å². The van der Waals surface area contributed by atoms with E-state index >= 15 is 0 Å². The Morgan fingerprint density at radius 3 is 2.11 bits per heavy atom. The normalized spacial score (nSPS) is 31.9. The number of rotatable bonds is 11. The van der Waals surface area contributed by atoms with Crippen LogP contribution in [-0.4, -0.2) is 107 Å². The summed E-state index contributed by atoms with van der Waals surface area (Å²) in [6.45, 7) is -1.97. The SMILES string of the molecule is NC(=O)C1=CN(C2O[C@H](COP(=O)([O-])OP(=O)([O-])OC[C@H]3OC(n4cnc5c(N)ncnc54)C(O)C3O)[C@@H](O)[C@H]2O)C=CC1.[Na+].[Na+]. The number of allylic oxidation sites excluding steroid dienone is 1. The molecule has 2 fully saturated rings. The number of phosphoric acid groups is 2. The van der Waals surface area contributed by atoms with Crippen molar-refractivity contribution in [2.75, 3.05) is 18.9 Å². The third-order valence-corrected chi connectivity index (χ3v) is 9.39. The van der Waals surface area contributed by atoms with E-state index in [4.69, 9.17) is 20.9 Å². The molecule has 2 saturated heterocycles. The van der Waals surface area contributed by atoms with E-state index in [2.05, 4.69) is 28.3 Å². The number of aliphatic hydroxyl groups excluding tert-OH is 4. The third-order valence-electron chi connectivity index (χ3n) is 6.86. The van der Waals surface area contributed by atoms with Gasteiger partial charge in [-0.1, -0.05) is 6.08 Å². The Labute approximate surface area is 303 Å². The molecule has 3 aliphatic heterocycles. The summed E-state index contributed by atoms with van der Waals surface area (Å²) in [5, 5.41) is 41.5. The number of nitrogen functional groups attached to an aromatic ring is 1. The van der Waals surface area contributed by atoms with Crippen molar-refractivity contribution in [2.24, 2.45) is 5.73 Å². The molecule has 10 atom stereocenters. The van der Waals surface area contributed by atoms with Crippen molar-refractivity contribution >= 4 is 38.5 Å². The molecule has 1 amide bonds. The molecule has 0 aromatic carbocycles. The van der Waals surface area contributed by atoms with Crippen molar-refractivity contribution in [2.45, 2.75) is 55.5 Å². The fraction of sp³-hybridized carbons (Fsp3) is 0.524. The fourth-order valence-electron chi connectivity index (χ4n) is 4.66. The molecule has 6 unspecified atom stereocenters. The number of aliphatic hydroxyl groups is 4. The van der Waals surface area contributed by atoms with Crippen LogP contribution < -0.4 is 80.4 Å². The average molecular weight is 709 g/mol. The van der Waals surface area contributed by atoms with Gasteiger partial charge in [0.25, 0.3) is 15.6 Å². The number of hydrogen-bond donors (Lipinski definition) is 6. The molecule has 3 aliphatic rings. The molecule has 0 radical (unpaired) electrons. The Kier molecular flexibility index (Phi) is 13.6. The first kappa shape index (κ1) is 39.6. The summed E-state index contributed by atoms with van der Waals surface area (Å²) in [4.78, 5) is 49.0. The molecule has 2 aromatic rings. The fourth-order valence-corrected chi connectivity index (χ4v) is 6.68. The van der Waals surface area contributed by atoms with Crippen molar-refractivity contribution in [3.8, 4) is 0 Å². The number of phosphoric ester groups is 2. The third kappa shape index (κ3) is 8.64. The monoisotopic (exact) mass is 709 g/mol. The molecule has 0 saturated carbocycles. The van der Waals surface area contributed by atoms with E-state index in [0.29, 0.717) is 0 Å². The van der Waals surface area contributed by atoms with Crippen molar-refractivity contribution in [1.29, 1.82) is 0 Å². The van der Waals surface area contributed by atoms with Crippen LogP contribution in [0.5, 0.6) is 0 Å². The maximum Gasteiger partial charge on any atom is 1.00 e. The van der Waals surface area contributed by atoms with Gasteiger partial charge in [0.15, 0.2) is 23.9 Å². The van der Waals surface area contributed by atoms with Gasteiger partial charge >= 0.3 is 59.1 Å². The number of carbonyl (C=O) groups excluding carboxylic acids is 1. The van der Waals surface area contributed by atoms with E-state index < -0.39 is 83.8 Å². The smallest absolute Gasteiger partial charge is 0.756 e. The molecule has 25 heteroatoms. The first-order chi connectivity index (χ1) is 20.7. The average Bonchev–Trinajstić information content (AvgIpc) is 3.61. The molecular formula is C21H27N7Na2O14P2. The van der Waals surface area contributed by atoms with E-state index in [9.17, 15) is 44.1 Å². The van der Waals surface area contributed by atoms with E-state index in [1.54, 1.807) is 6.08 Å². The minimum Gasteiger partial charge on any atom is -0.756 e. The zero-order chi connectivity index (χ0) is 32.0. The van der Waals surface area contributed by atoms with Crippen molar-refractivity contribution in [3.05, 3.63) is 36.7 Å². The Balaban J connectivity index is 0.00000288. The van der Waals surface area contributed by atoms with Gasteiger partial charge in [0, 0.05) is 18.0 Å². The number of anilines is 1. The summed E-state index contributed by atoms with van der Waals surface area (Å²) in [5.74, 6) is -0.686. The van der Waals surface area contributed by atoms with Crippen molar-refractivity contribution in [3.63, 3.8) is 0 Å². The second-order valence-electron chi connectivity index (χ2n) is 9.80. The molecule has 0 bridgehead atoms. The molecule has 21 nitrogen and oxygen atoms in total. The van der Waals surface area contributed by atoms with Gasteiger partial charge < -0.3 is 65.1 Å². The number of aromatic nitrogens is 4. The van der Waals surface area contributed by atoms with Crippen LogP contribution in [-0.2, 0) is 36.8 Å². The van der Waals surface area contributed by atoms with Crippen LogP contribution >= 0.6 is 15.6 Å². The number of nitrogens with two attached hydrogens (primary N) is 2. The minimum atomic E-state index is -5.68. The molecule has 5 heterocycles. The van der Waals surface area contributed by atoms with Crippen LogP contribution in [0.15, 0.2) is 36.7 Å². The quantitative estimate of drug-likeness (QED) is 0.0931. The summed E-state index contributed by atoms with van der Waals surface area (Å²) < 4.78 is 49.9. The van der Waals surface area contributed by atoms with Crippen molar-refractivity contribution < 1.29 is 126 Å². The molecule has 242 valence electrons. The second kappa shape index (κ2) is 15.8. The number of primary amides is 1. The van der Waals surface area contributed by atoms with Crippen LogP contribution in [0, 0.1) is 0 Å². The van der Waals surface area contributed by atoms with E-state index in [-0.39, 0.29) is 88.1 Å². The first-order valence-electron chi connectivity index (χ1n) is 12.7. The number of fused-ring (bicyclic) bond motifs is 1. The van der Waals surface area contributed by atoms with Gasteiger partial charge in [0.05, 0.1) is 19.5 Å².